The maximum absolute atomic E-state index is 9.77. The summed E-state index contributed by atoms with van der Waals surface area (Å²) in [6, 6.07) is 19.7. The molecular weight excluding hydrogens is 384 g/mol. The predicted octanol–water partition coefficient (Wildman–Crippen LogP) is 3.36. The number of fused-ring (bicyclic) bond motifs is 2. The molecule has 1 fully saturated rings. The normalized spacial score (nSPS) is 18.3. The van der Waals surface area contributed by atoms with E-state index in [0.717, 1.165) is 44.0 Å². The van der Waals surface area contributed by atoms with Crippen molar-refractivity contribution in [1.29, 1.82) is 10.5 Å². The van der Waals surface area contributed by atoms with E-state index >= 15 is 0 Å². The first-order valence-electron chi connectivity index (χ1n) is 10.8. The van der Waals surface area contributed by atoms with Gasteiger partial charge in [0, 0.05) is 61.6 Å². The standard InChI is InChI=1S/C25H24N6/c26-10-8-20-16-31(13-11-28-20)25-22-9-12-30(17-23(22)19(14-27)15-29-25)24-7-3-5-18-4-1-2-6-21(18)24/h1-7,15,20,28H,8-9,11-13,16-17H2. The monoisotopic (exact) mass is 408 g/mol. The van der Waals surface area contributed by atoms with Crippen molar-refractivity contribution in [3.05, 3.63) is 65.4 Å². The van der Waals surface area contributed by atoms with Gasteiger partial charge < -0.3 is 15.1 Å². The minimum absolute atomic E-state index is 0.155. The highest BCUT2D eigenvalue weighted by Gasteiger charge is 2.28. The molecule has 3 heterocycles. The van der Waals surface area contributed by atoms with Crippen LogP contribution in [-0.2, 0) is 13.0 Å². The molecule has 1 N–H and O–H groups in total. The third-order valence-corrected chi connectivity index (χ3v) is 6.38. The number of pyridine rings is 1. The van der Waals surface area contributed by atoms with E-state index < -0.39 is 0 Å². The molecule has 1 aromatic heterocycles. The predicted molar refractivity (Wildman–Crippen MR) is 122 cm³/mol. The summed E-state index contributed by atoms with van der Waals surface area (Å²) in [7, 11) is 0. The zero-order valence-electron chi connectivity index (χ0n) is 17.4. The van der Waals surface area contributed by atoms with E-state index in [1.165, 1.54) is 22.0 Å². The van der Waals surface area contributed by atoms with Crippen molar-refractivity contribution < 1.29 is 0 Å². The van der Waals surface area contributed by atoms with E-state index in [4.69, 9.17) is 10.2 Å². The Bertz CT molecular complexity index is 1200. The van der Waals surface area contributed by atoms with Gasteiger partial charge in [-0.15, -0.1) is 0 Å². The fourth-order valence-corrected chi connectivity index (χ4v) is 4.86. The average molecular weight is 409 g/mol. The van der Waals surface area contributed by atoms with Gasteiger partial charge in [-0.3, -0.25) is 0 Å². The average Bonchev–Trinajstić information content (AvgIpc) is 2.83. The van der Waals surface area contributed by atoms with Gasteiger partial charge in [-0.05, 0) is 23.4 Å². The molecule has 5 rings (SSSR count). The summed E-state index contributed by atoms with van der Waals surface area (Å²) < 4.78 is 0. The number of benzene rings is 2. The zero-order valence-corrected chi connectivity index (χ0v) is 17.4. The van der Waals surface area contributed by atoms with Gasteiger partial charge in [0.2, 0.25) is 0 Å². The van der Waals surface area contributed by atoms with Crippen LogP contribution in [0.4, 0.5) is 11.5 Å². The van der Waals surface area contributed by atoms with Crippen molar-refractivity contribution in [2.45, 2.75) is 25.4 Å². The van der Waals surface area contributed by atoms with Gasteiger partial charge in [0.05, 0.1) is 18.1 Å². The van der Waals surface area contributed by atoms with Crippen molar-refractivity contribution in [3.63, 3.8) is 0 Å². The van der Waals surface area contributed by atoms with Crippen molar-refractivity contribution >= 4 is 22.3 Å². The summed E-state index contributed by atoms with van der Waals surface area (Å²) in [5.74, 6) is 0.982. The van der Waals surface area contributed by atoms with E-state index in [1.807, 2.05) is 0 Å². The summed E-state index contributed by atoms with van der Waals surface area (Å²) in [6.07, 6.45) is 3.06. The topological polar surface area (TPSA) is 79.0 Å². The van der Waals surface area contributed by atoms with Crippen LogP contribution < -0.4 is 15.1 Å². The minimum atomic E-state index is 0.155. The number of nitrogens with zero attached hydrogens (tertiary/aromatic N) is 5. The lowest BCUT2D eigenvalue weighted by molar-refractivity contribution is 0.459. The van der Waals surface area contributed by atoms with Gasteiger partial charge >= 0.3 is 0 Å². The number of nitriles is 2. The van der Waals surface area contributed by atoms with Gasteiger partial charge in [0.1, 0.15) is 11.9 Å². The summed E-state index contributed by atoms with van der Waals surface area (Å²) in [4.78, 5) is 9.37. The van der Waals surface area contributed by atoms with E-state index in [0.29, 0.717) is 18.5 Å². The molecule has 0 amide bonds. The van der Waals surface area contributed by atoms with Crippen LogP contribution in [0.3, 0.4) is 0 Å². The molecule has 3 aromatic rings. The van der Waals surface area contributed by atoms with Crippen LogP contribution in [0.1, 0.15) is 23.1 Å². The first kappa shape index (κ1) is 19.4. The van der Waals surface area contributed by atoms with Crippen LogP contribution >= 0.6 is 0 Å². The molecule has 1 unspecified atom stereocenters. The number of rotatable bonds is 3. The van der Waals surface area contributed by atoms with Crippen LogP contribution in [0.15, 0.2) is 48.7 Å². The Morgan fingerprint density at radius 3 is 2.77 bits per heavy atom. The first-order valence-corrected chi connectivity index (χ1v) is 10.8. The Hall–Kier alpha value is -3.61. The smallest absolute Gasteiger partial charge is 0.132 e. The zero-order chi connectivity index (χ0) is 21.2. The van der Waals surface area contributed by atoms with Gasteiger partial charge in [-0.1, -0.05) is 36.4 Å². The lowest BCUT2D eigenvalue weighted by atomic mass is 9.95. The summed E-state index contributed by atoms with van der Waals surface area (Å²) in [6.45, 7) is 4.06. The Morgan fingerprint density at radius 1 is 1.03 bits per heavy atom. The molecule has 2 aliphatic heterocycles. The van der Waals surface area contributed by atoms with Crippen LogP contribution in [0.25, 0.3) is 10.8 Å². The molecule has 2 aromatic carbocycles. The highest BCUT2D eigenvalue weighted by Crippen LogP contribution is 2.35. The Morgan fingerprint density at radius 2 is 1.90 bits per heavy atom. The summed E-state index contributed by atoms with van der Waals surface area (Å²) in [5.41, 5.74) is 4.14. The molecule has 0 spiro atoms. The molecule has 1 saturated heterocycles. The van der Waals surface area contributed by atoms with E-state index in [-0.39, 0.29) is 6.04 Å². The van der Waals surface area contributed by atoms with Crippen LogP contribution in [0.2, 0.25) is 0 Å². The Balaban J connectivity index is 1.51. The van der Waals surface area contributed by atoms with E-state index in [2.05, 4.69) is 69.7 Å². The number of anilines is 2. The van der Waals surface area contributed by atoms with Crippen LogP contribution in [0, 0.1) is 22.7 Å². The third-order valence-electron chi connectivity index (χ3n) is 6.38. The summed E-state index contributed by atoms with van der Waals surface area (Å²) >= 11 is 0. The molecule has 0 bridgehead atoms. The largest absolute Gasteiger partial charge is 0.366 e. The van der Waals surface area contributed by atoms with Crippen molar-refractivity contribution in [2.75, 3.05) is 36.0 Å². The fourth-order valence-electron chi connectivity index (χ4n) is 4.86. The van der Waals surface area contributed by atoms with Gasteiger partial charge in [0.15, 0.2) is 0 Å². The highest BCUT2D eigenvalue weighted by atomic mass is 15.2. The summed E-state index contributed by atoms with van der Waals surface area (Å²) in [5, 5.41) is 24.7. The number of piperazine rings is 1. The Kier molecular flexibility index (Phi) is 5.16. The molecule has 0 aliphatic carbocycles. The second-order valence-corrected chi connectivity index (χ2v) is 8.19. The second-order valence-electron chi connectivity index (χ2n) is 8.19. The highest BCUT2D eigenvalue weighted by molar-refractivity contribution is 5.94. The molecule has 31 heavy (non-hydrogen) atoms. The number of hydrogen-bond donors (Lipinski definition) is 1. The number of nitrogens with one attached hydrogen (secondary N) is 1. The third kappa shape index (κ3) is 3.56. The lowest BCUT2D eigenvalue weighted by Crippen LogP contribution is -2.51. The molecular formula is C25H24N6. The fraction of sp³-hybridized carbons (Fsp3) is 0.320. The van der Waals surface area contributed by atoms with Crippen molar-refractivity contribution in [2.24, 2.45) is 0 Å². The van der Waals surface area contributed by atoms with Crippen LogP contribution in [0.5, 0.6) is 0 Å². The lowest BCUT2D eigenvalue weighted by Gasteiger charge is -2.38. The number of aromatic nitrogens is 1. The van der Waals surface area contributed by atoms with E-state index in [9.17, 15) is 5.26 Å². The van der Waals surface area contributed by atoms with Crippen molar-refractivity contribution in [1.82, 2.24) is 10.3 Å². The van der Waals surface area contributed by atoms with E-state index in [1.54, 1.807) is 6.20 Å². The minimum Gasteiger partial charge on any atom is -0.366 e. The van der Waals surface area contributed by atoms with Crippen LogP contribution in [-0.4, -0.2) is 37.2 Å². The molecule has 2 aliphatic rings. The maximum atomic E-state index is 9.77. The maximum Gasteiger partial charge on any atom is 0.132 e. The quantitative estimate of drug-likeness (QED) is 0.716. The van der Waals surface area contributed by atoms with Gasteiger partial charge in [-0.2, -0.15) is 10.5 Å². The number of hydrogen-bond acceptors (Lipinski definition) is 6. The Labute approximate surface area is 182 Å². The van der Waals surface area contributed by atoms with Gasteiger partial charge in [-0.25, -0.2) is 4.98 Å². The second kappa shape index (κ2) is 8.26. The SMILES string of the molecule is N#CCC1CN(c2ncc(C#N)c3c2CCN(c2cccc4ccccc24)C3)CCN1. The van der Waals surface area contributed by atoms with Crippen molar-refractivity contribution in [3.8, 4) is 12.1 Å². The molecule has 1 atom stereocenters. The molecule has 6 heteroatoms. The molecule has 0 radical (unpaired) electrons. The first-order chi connectivity index (χ1) is 15.3. The molecule has 6 nitrogen and oxygen atoms in total. The molecule has 154 valence electrons. The molecule has 0 saturated carbocycles. The van der Waals surface area contributed by atoms with Gasteiger partial charge in [0.25, 0.3) is 0 Å².